The van der Waals surface area contributed by atoms with Gasteiger partial charge in [0.05, 0.1) is 17.2 Å². The van der Waals surface area contributed by atoms with Crippen LogP contribution in [0.1, 0.15) is 61.9 Å². The fourth-order valence-corrected chi connectivity index (χ4v) is 6.45. The second-order valence-corrected chi connectivity index (χ2v) is 13.6. The Bertz CT molecular complexity index is 1930. The monoisotopic (exact) mass is 660 g/mol. The van der Waals surface area contributed by atoms with E-state index in [-0.39, 0.29) is 34.1 Å². The number of piperidine rings is 1. The first-order valence-corrected chi connectivity index (χ1v) is 16.2. The molecule has 1 fully saturated rings. The average molecular weight is 661 g/mol. The van der Waals surface area contributed by atoms with Crippen LogP contribution in [-0.2, 0) is 11.8 Å². The third-order valence-corrected chi connectivity index (χ3v) is 8.98. The quantitative estimate of drug-likeness (QED) is 0.198. The number of amides is 2. The van der Waals surface area contributed by atoms with Crippen LogP contribution in [0.25, 0.3) is 27.2 Å². The number of carbonyl (C=O) groups excluding carboxylic acids is 2. The molecule has 0 saturated carbocycles. The third kappa shape index (κ3) is 6.94. The molecule has 11 nitrogen and oxygen atoms in total. The van der Waals surface area contributed by atoms with Gasteiger partial charge in [0, 0.05) is 56.4 Å². The normalized spacial score (nSPS) is 14.7. The van der Waals surface area contributed by atoms with Gasteiger partial charge in [-0.05, 0) is 51.5 Å². The maximum absolute atomic E-state index is 15.8. The van der Waals surface area contributed by atoms with Crippen LogP contribution in [0, 0.1) is 5.82 Å². The molecule has 2 aromatic carbocycles. The van der Waals surface area contributed by atoms with Gasteiger partial charge < -0.3 is 24.8 Å². The Balaban J connectivity index is 1.17. The zero-order chi connectivity index (χ0) is 33.5. The predicted octanol–water partition coefficient (Wildman–Crippen LogP) is 6.64. The Morgan fingerprint density at radius 3 is 2.53 bits per heavy atom. The Morgan fingerprint density at radius 2 is 1.85 bits per heavy atom. The summed E-state index contributed by atoms with van der Waals surface area (Å²) in [5, 5.41) is 4.92. The molecule has 6 rings (SSSR count). The molecular weight excluding hydrogens is 623 g/mol. The zero-order valence-corrected chi connectivity index (χ0v) is 27.7. The van der Waals surface area contributed by atoms with Crippen LogP contribution in [0.15, 0.2) is 61.2 Å². The molecule has 13 heteroatoms. The van der Waals surface area contributed by atoms with Crippen molar-refractivity contribution >= 4 is 34.4 Å². The summed E-state index contributed by atoms with van der Waals surface area (Å²) in [5.41, 5.74) is 9.01. The SMILES string of the molecule is CC(Oc1cc(-n2cnc3cc(-c4cnn(C)c4)ccc32)sc1C(N)=O)c1cccc(OC2CCN(C(=O)OC(C)(C)C)CC2)c1F. The second kappa shape index (κ2) is 12.7. The third-order valence-electron chi connectivity index (χ3n) is 7.85. The number of fused-ring (bicyclic) bond motifs is 1. The summed E-state index contributed by atoms with van der Waals surface area (Å²) in [6.45, 7) is 8.09. The molecule has 2 amide bonds. The molecule has 0 spiro atoms. The molecule has 3 aromatic heterocycles. The van der Waals surface area contributed by atoms with Crippen molar-refractivity contribution in [2.45, 2.75) is 58.3 Å². The molecule has 2 N–H and O–H groups in total. The van der Waals surface area contributed by atoms with Crippen LogP contribution in [-0.4, -0.2) is 61.0 Å². The van der Waals surface area contributed by atoms with Gasteiger partial charge in [0.2, 0.25) is 0 Å². The molecule has 0 radical (unpaired) electrons. The molecule has 1 aliphatic rings. The van der Waals surface area contributed by atoms with Gasteiger partial charge in [-0.25, -0.2) is 14.2 Å². The molecule has 1 aliphatic heterocycles. The summed E-state index contributed by atoms with van der Waals surface area (Å²) in [5.74, 6) is -0.845. The number of primary amides is 1. The number of imidazole rings is 1. The number of rotatable bonds is 8. The highest BCUT2D eigenvalue weighted by atomic mass is 32.1. The number of likely N-dealkylation sites (tertiary alicyclic amines) is 1. The minimum atomic E-state index is -0.769. The van der Waals surface area contributed by atoms with E-state index in [2.05, 4.69) is 10.1 Å². The molecular formula is C34H37FN6O5S. The highest BCUT2D eigenvalue weighted by molar-refractivity contribution is 7.16. The number of ether oxygens (including phenoxy) is 3. The van der Waals surface area contributed by atoms with E-state index >= 15 is 4.39 Å². The Hall–Kier alpha value is -4.91. The molecule has 1 atom stereocenters. The summed E-state index contributed by atoms with van der Waals surface area (Å²) < 4.78 is 37.1. The molecule has 0 aliphatic carbocycles. The second-order valence-electron chi connectivity index (χ2n) is 12.6. The van der Waals surface area contributed by atoms with Crippen molar-refractivity contribution in [1.82, 2.24) is 24.2 Å². The van der Waals surface area contributed by atoms with E-state index in [4.69, 9.17) is 19.9 Å². The zero-order valence-electron chi connectivity index (χ0n) is 26.9. The van der Waals surface area contributed by atoms with E-state index < -0.39 is 23.4 Å². The summed E-state index contributed by atoms with van der Waals surface area (Å²) in [6.07, 6.45) is 5.10. The maximum Gasteiger partial charge on any atom is 0.410 e. The lowest BCUT2D eigenvalue weighted by atomic mass is 10.1. The minimum Gasteiger partial charge on any atom is -0.487 e. The highest BCUT2D eigenvalue weighted by Gasteiger charge is 2.29. The maximum atomic E-state index is 15.8. The van der Waals surface area contributed by atoms with Crippen molar-refractivity contribution in [3.8, 4) is 27.6 Å². The fourth-order valence-electron chi connectivity index (χ4n) is 5.53. The number of carbonyl (C=O) groups is 2. The molecule has 1 unspecified atom stereocenters. The van der Waals surface area contributed by atoms with Crippen LogP contribution < -0.4 is 15.2 Å². The van der Waals surface area contributed by atoms with Crippen LogP contribution in [0.2, 0.25) is 0 Å². The first-order valence-electron chi connectivity index (χ1n) is 15.4. The summed E-state index contributed by atoms with van der Waals surface area (Å²) in [6, 6.07) is 12.5. The van der Waals surface area contributed by atoms with Gasteiger partial charge in [-0.3, -0.25) is 14.0 Å². The Kier molecular flexibility index (Phi) is 8.66. The lowest BCUT2D eigenvalue weighted by molar-refractivity contribution is 0.0122. The van der Waals surface area contributed by atoms with Crippen molar-refractivity contribution in [2.24, 2.45) is 12.8 Å². The van der Waals surface area contributed by atoms with Crippen LogP contribution in [0.5, 0.6) is 11.5 Å². The van der Waals surface area contributed by atoms with Crippen molar-refractivity contribution in [3.63, 3.8) is 0 Å². The Labute approximate surface area is 275 Å². The standard InChI is InChI=1S/C34H37FN6O5S/c1-20(24-7-6-8-27(30(24)35)45-23-11-13-40(14-12-23)33(43)46-34(2,3)4)44-28-16-29(47-31(28)32(36)42)41-19-37-25-15-21(9-10-26(25)41)22-17-38-39(5)18-22/h6-10,15-20,23H,11-14H2,1-5H3,(H2,36,42). The van der Waals surface area contributed by atoms with E-state index in [0.29, 0.717) is 30.9 Å². The lowest BCUT2D eigenvalue weighted by Crippen LogP contribution is -2.44. The molecule has 47 heavy (non-hydrogen) atoms. The number of hydrogen-bond donors (Lipinski definition) is 1. The van der Waals surface area contributed by atoms with Gasteiger partial charge >= 0.3 is 6.09 Å². The van der Waals surface area contributed by atoms with E-state index in [0.717, 1.165) is 22.2 Å². The van der Waals surface area contributed by atoms with E-state index in [1.54, 1.807) is 53.3 Å². The summed E-state index contributed by atoms with van der Waals surface area (Å²) in [4.78, 5) is 31.3. The van der Waals surface area contributed by atoms with Crippen LogP contribution in [0.3, 0.4) is 0 Å². The van der Waals surface area contributed by atoms with Crippen molar-refractivity contribution in [3.05, 3.63) is 77.4 Å². The van der Waals surface area contributed by atoms with Crippen LogP contribution >= 0.6 is 11.3 Å². The van der Waals surface area contributed by atoms with Crippen molar-refractivity contribution < 1.29 is 28.2 Å². The van der Waals surface area contributed by atoms with Gasteiger partial charge in [-0.15, -0.1) is 11.3 Å². The van der Waals surface area contributed by atoms with E-state index in [1.165, 1.54) is 11.3 Å². The number of aromatic nitrogens is 4. The number of thiophene rings is 1. The molecule has 4 heterocycles. The number of nitrogens with two attached hydrogens (primary N) is 1. The molecule has 1 saturated heterocycles. The van der Waals surface area contributed by atoms with E-state index in [1.807, 2.05) is 56.8 Å². The van der Waals surface area contributed by atoms with Gasteiger partial charge in [-0.2, -0.15) is 5.10 Å². The number of hydrogen-bond acceptors (Lipinski definition) is 8. The number of halogens is 1. The van der Waals surface area contributed by atoms with Crippen LogP contribution in [0.4, 0.5) is 9.18 Å². The van der Waals surface area contributed by atoms with Gasteiger partial charge in [0.25, 0.3) is 5.91 Å². The Morgan fingerprint density at radius 1 is 1.09 bits per heavy atom. The largest absolute Gasteiger partial charge is 0.487 e. The first kappa shape index (κ1) is 32.0. The minimum absolute atomic E-state index is 0.102. The molecule has 5 aromatic rings. The van der Waals surface area contributed by atoms with Gasteiger partial charge in [0.15, 0.2) is 11.6 Å². The smallest absolute Gasteiger partial charge is 0.410 e. The van der Waals surface area contributed by atoms with Crippen molar-refractivity contribution in [1.29, 1.82) is 0 Å². The molecule has 0 bridgehead atoms. The topological polar surface area (TPSA) is 127 Å². The average Bonchev–Trinajstić information content (AvgIpc) is 3.75. The predicted molar refractivity (Wildman–Crippen MR) is 177 cm³/mol. The van der Waals surface area contributed by atoms with Crippen molar-refractivity contribution in [2.75, 3.05) is 13.1 Å². The first-order chi connectivity index (χ1) is 22.4. The molecule has 246 valence electrons. The summed E-state index contributed by atoms with van der Waals surface area (Å²) >= 11 is 1.17. The van der Waals surface area contributed by atoms with E-state index in [9.17, 15) is 9.59 Å². The number of benzene rings is 2. The number of nitrogens with zero attached hydrogens (tertiary/aromatic N) is 5. The van der Waals surface area contributed by atoms with Gasteiger partial charge in [-0.1, -0.05) is 18.2 Å². The van der Waals surface area contributed by atoms with Gasteiger partial charge in [0.1, 0.15) is 39.8 Å². The number of aryl methyl sites for hydroxylation is 1. The fraction of sp³-hybridized carbons (Fsp3) is 0.353. The lowest BCUT2D eigenvalue weighted by Gasteiger charge is -2.33. The highest BCUT2D eigenvalue weighted by Crippen LogP contribution is 2.38. The summed E-state index contributed by atoms with van der Waals surface area (Å²) in [7, 11) is 1.87.